The second-order valence-electron chi connectivity index (χ2n) is 5.50. The van der Waals surface area contributed by atoms with Crippen molar-refractivity contribution in [3.05, 3.63) is 76.9 Å². The highest BCUT2D eigenvalue weighted by Gasteiger charge is 2.24. The first kappa shape index (κ1) is 12.9. The molecule has 0 spiro atoms. The number of benzene rings is 2. The van der Waals surface area contributed by atoms with Crippen molar-refractivity contribution in [2.75, 3.05) is 13.6 Å². The molecule has 1 aliphatic heterocycles. The van der Waals surface area contributed by atoms with Gasteiger partial charge in [0.25, 0.3) is 0 Å². The van der Waals surface area contributed by atoms with Crippen LogP contribution < -0.4 is 5.73 Å². The van der Waals surface area contributed by atoms with Crippen LogP contribution >= 0.6 is 0 Å². The van der Waals surface area contributed by atoms with Gasteiger partial charge in [0.2, 0.25) is 0 Å². The predicted molar refractivity (Wildman–Crippen MR) is 84.3 cm³/mol. The zero-order valence-corrected chi connectivity index (χ0v) is 12.0. The summed E-state index contributed by atoms with van der Waals surface area (Å²) in [5.74, 6) is 0. The number of aryl methyl sites for hydroxylation is 1. The normalized spacial score (nSPS) is 19.1. The fraction of sp³-hybridized carbons (Fsp3) is 0.222. The van der Waals surface area contributed by atoms with Crippen molar-refractivity contribution in [3.63, 3.8) is 0 Å². The number of hydrogen-bond acceptors (Lipinski definition) is 2. The van der Waals surface area contributed by atoms with Gasteiger partial charge in [-0.25, -0.2) is 0 Å². The Balaban J connectivity index is 2.14. The van der Waals surface area contributed by atoms with Crippen LogP contribution in [0.3, 0.4) is 0 Å². The first-order valence-corrected chi connectivity index (χ1v) is 6.98. The molecule has 0 radical (unpaired) electrons. The molecule has 1 atom stereocenters. The van der Waals surface area contributed by atoms with Gasteiger partial charge in [-0.3, -0.25) is 4.90 Å². The second kappa shape index (κ2) is 5.14. The predicted octanol–water partition coefficient (Wildman–Crippen LogP) is 3.33. The molecule has 2 aromatic carbocycles. The minimum absolute atomic E-state index is 0.254. The van der Waals surface area contributed by atoms with E-state index in [1.54, 1.807) is 0 Å². The monoisotopic (exact) mass is 264 g/mol. The van der Waals surface area contributed by atoms with Gasteiger partial charge in [-0.1, -0.05) is 54.1 Å². The van der Waals surface area contributed by atoms with Crippen LogP contribution in [0.15, 0.2) is 54.6 Å². The fourth-order valence-electron chi connectivity index (χ4n) is 2.88. The average molecular weight is 264 g/mol. The lowest BCUT2D eigenvalue weighted by atomic mass is 9.93. The van der Waals surface area contributed by atoms with Crippen LogP contribution in [-0.4, -0.2) is 18.5 Å². The van der Waals surface area contributed by atoms with Crippen molar-refractivity contribution >= 4 is 5.70 Å². The first-order valence-electron chi connectivity index (χ1n) is 6.98. The van der Waals surface area contributed by atoms with Gasteiger partial charge in [0.1, 0.15) is 0 Å². The number of rotatable bonds is 1. The van der Waals surface area contributed by atoms with Gasteiger partial charge in [0, 0.05) is 17.8 Å². The van der Waals surface area contributed by atoms with Gasteiger partial charge in [-0.15, -0.1) is 0 Å². The summed E-state index contributed by atoms with van der Waals surface area (Å²) in [5.41, 5.74) is 12.1. The van der Waals surface area contributed by atoms with Gasteiger partial charge in [0.15, 0.2) is 0 Å². The van der Waals surface area contributed by atoms with Gasteiger partial charge in [-0.2, -0.15) is 0 Å². The maximum absolute atomic E-state index is 6.21. The van der Waals surface area contributed by atoms with Crippen LogP contribution in [0.1, 0.15) is 28.3 Å². The van der Waals surface area contributed by atoms with E-state index >= 15 is 0 Å². The highest BCUT2D eigenvalue weighted by molar-refractivity contribution is 5.68. The molecule has 2 nitrogen and oxygen atoms in total. The van der Waals surface area contributed by atoms with Gasteiger partial charge >= 0.3 is 0 Å². The van der Waals surface area contributed by atoms with E-state index in [4.69, 9.17) is 5.73 Å². The van der Waals surface area contributed by atoms with Crippen molar-refractivity contribution in [1.29, 1.82) is 0 Å². The molecule has 0 amide bonds. The molecular formula is C18H20N2. The second-order valence-corrected chi connectivity index (χ2v) is 5.50. The van der Waals surface area contributed by atoms with Crippen LogP contribution in [0, 0.1) is 6.92 Å². The Morgan fingerprint density at radius 1 is 1.05 bits per heavy atom. The summed E-state index contributed by atoms with van der Waals surface area (Å²) in [6.07, 6.45) is 2.10. The molecule has 0 aliphatic carbocycles. The van der Waals surface area contributed by atoms with Crippen molar-refractivity contribution < 1.29 is 0 Å². The first-order chi connectivity index (χ1) is 9.66. The van der Waals surface area contributed by atoms with Crippen LogP contribution in [0.2, 0.25) is 0 Å². The molecule has 0 bridgehead atoms. The summed E-state index contributed by atoms with van der Waals surface area (Å²) in [6, 6.07) is 17.5. The van der Waals surface area contributed by atoms with Gasteiger partial charge in [-0.05, 0) is 31.2 Å². The Morgan fingerprint density at radius 3 is 2.50 bits per heavy atom. The third kappa shape index (κ3) is 2.23. The summed E-state index contributed by atoms with van der Waals surface area (Å²) in [5, 5.41) is 0. The van der Waals surface area contributed by atoms with Crippen LogP contribution in [0.25, 0.3) is 5.70 Å². The lowest BCUT2D eigenvalue weighted by molar-refractivity contribution is 0.311. The number of fused-ring (bicyclic) bond motifs is 1. The van der Waals surface area contributed by atoms with E-state index in [1.807, 2.05) is 0 Å². The Labute approximate surface area is 120 Å². The standard InChI is InChI=1S/C18H20N2/c1-13-7-9-14(10-8-13)18-16-6-4-3-5-15(16)17(19)11-12-20(18)2/h3-11,18H,12,19H2,1-2H3. The maximum atomic E-state index is 6.21. The molecule has 1 unspecified atom stereocenters. The van der Waals surface area contributed by atoms with E-state index in [0.717, 1.165) is 17.8 Å². The Bertz CT molecular complexity index is 641. The zero-order chi connectivity index (χ0) is 14.1. The van der Waals surface area contributed by atoms with Crippen molar-refractivity contribution in [2.45, 2.75) is 13.0 Å². The van der Waals surface area contributed by atoms with Crippen LogP contribution in [0.4, 0.5) is 0 Å². The van der Waals surface area contributed by atoms with Crippen LogP contribution in [-0.2, 0) is 0 Å². The molecule has 2 N–H and O–H groups in total. The van der Waals surface area contributed by atoms with Crippen molar-refractivity contribution in [3.8, 4) is 0 Å². The van der Waals surface area contributed by atoms with E-state index in [0.29, 0.717) is 0 Å². The molecule has 0 saturated heterocycles. The van der Waals surface area contributed by atoms with Crippen molar-refractivity contribution in [2.24, 2.45) is 5.73 Å². The Morgan fingerprint density at radius 2 is 1.75 bits per heavy atom. The molecular weight excluding hydrogens is 244 g/mol. The molecule has 2 heteroatoms. The number of nitrogens with zero attached hydrogens (tertiary/aromatic N) is 1. The summed E-state index contributed by atoms with van der Waals surface area (Å²) in [6.45, 7) is 2.98. The molecule has 0 saturated carbocycles. The summed E-state index contributed by atoms with van der Waals surface area (Å²) >= 11 is 0. The number of nitrogens with two attached hydrogens (primary N) is 1. The van der Waals surface area contributed by atoms with Gasteiger partial charge in [0.05, 0.1) is 6.04 Å². The number of likely N-dealkylation sites (N-methyl/N-ethyl adjacent to an activating group) is 1. The molecule has 0 fully saturated rings. The largest absolute Gasteiger partial charge is 0.398 e. The highest BCUT2D eigenvalue weighted by Crippen LogP contribution is 2.34. The average Bonchev–Trinajstić information content (AvgIpc) is 2.59. The lowest BCUT2D eigenvalue weighted by Crippen LogP contribution is -2.25. The molecule has 2 aromatic rings. The van der Waals surface area contributed by atoms with E-state index in [1.165, 1.54) is 16.7 Å². The van der Waals surface area contributed by atoms with Crippen molar-refractivity contribution in [1.82, 2.24) is 4.90 Å². The molecule has 1 aliphatic rings. The van der Waals surface area contributed by atoms with Gasteiger partial charge < -0.3 is 5.73 Å². The molecule has 3 rings (SSSR count). The minimum Gasteiger partial charge on any atom is -0.398 e. The van der Waals surface area contributed by atoms with E-state index in [2.05, 4.69) is 73.5 Å². The molecule has 0 aromatic heterocycles. The summed E-state index contributed by atoms with van der Waals surface area (Å²) in [7, 11) is 2.15. The van der Waals surface area contributed by atoms with E-state index in [-0.39, 0.29) is 6.04 Å². The highest BCUT2D eigenvalue weighted by atomic mass is 15.1. The minimum atomic E-state index is 0.254. The van der Waals surface area contributed by atoms with Crippen LogP contribution in [0.5, 0.6) is 0 Å². The Kier molecular flexibility index (Phi) is 3.33. The smallest absolute Gasteiger partial charge is 0.0608 e. The molecule has 1 heterocycles. The fourth-order valence-corrected chi connectivity index (χ4v) is 2.88. The molecule has 102 valence electrons. The maximum Gasteiger partial charge on any atom is 0.0608 e. The van der Waals surface area contributed by atoms with E-state index < -0.39 is 0 Å². The zero-order valence-electron chi connectivity index (χ0n) is 12.0. The molecule has 20 heavy (non-hydrogen) atoms. The summed E-state index contributed by atoms with van der Waals surface area (Å²) < 4.78 is 0. The topological polar surface area (TPSA) is 29.3 Å². The lowest BCUT2D eigenvalue weighted by Gasteiger charge is -2.27. The van der Waals surface area contributed by atoms with E-state index in [9.17, 15) is 0 Å². The Hall–Kier alpha value is -2.06. The SMILES string of the molecule is Cc1ccc(C2c3ccccc3C(N)=CCN2C)cc1. The third-order valence-electron chi connectivity index (χ3n) is 4.00. The number of hydrogen-bond donors (Lipinski definition) is 1. The summed E-state index contributed by atoms with van der Waals surface area (Å²) in [4.78, 5) is 2.34. The quantitative estimate of drug-likeness (QED) is 0.856. The third-order valence-corrected chi connectivity index (χ3v) is 4.00.